The summed E-state index contributed by atoms with van der Waals surface area (Å²) in [6, 6.07) is 12.3. The lowest BCUT2D eigenvalue weighted by Crippen LogP contribution is -2.29. The van der Waals surface area contributed by atoms with E-state index in [0.29, 0.717) is 46.2 Å². The summed E-state index contributed by atoms with van der Waals surface area (Å²) in [7, 11) is 10.7. The van der Waals surface area contributed by atoms with Crippen molar-refractivity contribution in [1.82, 2.24) is 9.88 Å². The smallest absolute Gasteiger partial charge is 0.247 e. The predicted octanol–water partition coefficient (Wildman–Crippen LogP) is 4.05. The quantitative estimate of drug-likeness (QED) is 0.260. The molecule has 0 atom stereocenters. The van der Waals surface area contributed by atoms with Gasteiger partial charge in [0.1, 0.15) is 17.2 Å². The van der Waals surface area contributed by atoms with Gasteiger partial charge in [0.05, 0.1) is 38.3 Å². The minimum Gasteiger partial charge on any atom is -0.497 e. The van der Waals surface area contributed by atoms with Crippen LogP contribution >= 0.6 is 0 Å². The Morgan fingerprint density at radius 3 is 2.33 bits per heavy atom. The molecule has 3 rings (SSSR count). The Labute approximate surface area is 230 Å². The van der Waals surface area contributed by atoms with Gasteiger partial charge >= 0.3 is 0 Å². The van der Waals surface area contributed by atoms with Crippen LogP contribution in [0.5, 0.6) is 17.2 Å². The van der Waals surface area contributed by atoms with Crippen LogP contribution < -0.4 is 24.4 Å². The predicted molar refractivity (Wildman–Crippen MR) is 154 cm³/mol. The summed E-state index contributed by atoms with van der Waals surface area (Å²) < 4.78 is 16.4. The van der Waals surface area contributed by atoms with Crippen LogP contribution in [-0.2, 0) is 11.2 Å². The maximum Gasteiger partial charge on any atom is 0.247 e. The standard InChI is InChI=1S/C30H36N4O5/c1-8-29(35)32-25-17-21(27(38-6)19-26(25)34(4)14-13-33(2)3)16-22-15-20(11-12-31-22)30(36)24-10-9-23(37-5)18-28(24)39-7/h8-12,15,17-19H,1,13-14,16H2,2-7H3,(H,32,35). The zero-order valence-corrected chi connectivity index (χ0v) is 23.4. The fourth-order valence-electron chi connectivity index (χ4n) is 4.07. The fraction of sp³-hybridized carbons (Fsp3) is 0.300. The normalized spacial score (nSPS) is 10.6. The monoisotopic (exact) mass is 532 g/mol. The molecule has 0 aliphatic carbocycles. The molecular weight excluding hydrogens is 496 g/mol. The van der Waals surface area contributed by atoms with Gasteiger partial charge < -0.3 is 29.3 Å². The topological polar surface area (TPSA) is 93.2 Å². The van der Waals surface area contributed by atoms with Gasteiger partial charge in [-0.1, -0.05) is 6.58 Å². The maximum absolute atomic E-state index is 13.4. The molecule has 0 bridgehead atoms. The van der Waals surface area contributed by atoms with Crippen molar-refractivity contribution in [2.75, 3.05) is 65.8 Å². The van der Waals surface area contributed by atoms with E-state index in [0.717, 1.165) is 24.3 Å². The van der Waals surface area contributed by atoms with Crippen molar-refractivity contribution in [2.24, 2.45) is 0 Å². The van der Waals surface area contributed by atoms with Gasteiger partial charge in [0.25, 0.3) is 0 Å². The Balaban J connectivity index is 1.97. The molecule has 206 valence electrons. The molecule has 0 saturated heterocycles. The molecular formula is C30H36N4O5. The van der Waals surface area contributed by atoms with E-state index in [4.69, 9.17) is 14.2 Å². The van der Waals surface area contributed by atoms with Crippen molar-refractivity contribution >= 4 is 23.1 Å². The second-order valence-electron chi connectivity index (χ2n) is 9.21. The number of rotatable bonds is 13. The van der Waals surface area contributed by atoms with Gasteiger partial charge in [-0.25, -0.2) is 0 Å². The average molecular weight is 533 g/mol. The van der Waals surface area contributed by atoms with Gasteiger partial charge in [-0.15, -0.1) is 0 Å². The van der Waals surface area contributed by atoms with E-state index in [1.165, 1.54) is 13.2 Å². The molecule has 9 heteroatoms. The van der Waals surface area contributed by atoms with E-state index in [2.05, 4.69) is 26.7 Å². The lowest BCUT2D eigenvalue weighted by Gasteiger charge is -2.26. The van der Waals surface area contributed by atoms with Crippen molar-refractivity contribution in [3.8, 4) is 17.2 Å². The number of anilines is 2. The lowest BCUT2D eigenvalue weighted by atomic mass is 10.00. The molecule has 0 spiro atoms. The molecule has 0 radical (unpaired) electrons. The number of ketones is 1. The van der Waals surface area contributed by atoms with Crippen molar-refractivity contribution < 1.29 is 23.8 Å². The highest BCUT2D eigenvalue weighted by molar-refractivity contribution is 6.10. The molecule has 0 saturated carbocycles. The molecule has 3 aromatic rings. The van der Waals surface area contributed by atoms with Gasteiger partial charge in [-0.05, 0) is 50.5 Å². The van der Waals surface area contributed by atoms with E-state index in [-0.39, 0.29) is 11.7 Å². The van der Waals surface area contributed by atoms with Crippen LogP contribution in [0.25, 0.3) is 0 Å². The lowest BCUT2D eigenvalue weighted by molar-refractivity contribution is -0.111. The first-order valence-corrected chi connectivity index (χ1v) is 12.4. The van der Waals surface area contributed by atoms with Crippen LogP contribution in [0.3, 0.4) is 0 Å². The zero-order chi connectivity index (χ0) is 28.5. The fourth-order valence-corrected chi connectivity index (χ4v) is 4.07. The molecule has 0 aliphatic rings. The van der Waals surface area contributed by atoms with Crippen molar-refractivity contribution in [2.45, 2.75) is 6.42 Å². The molecule has 9 nitrogen and oxygen atoms in total. The Morgan fingerprint density at radius 1 is 0.949 bits per heavy atom. The third-order valence-electron chi connectivity index (χ3n) is 6.24. The first kappa shape index (κ1) is 29.2. The second-order valence-corrected chi connectivity index (χ2v) is 9.21. The second kappa shape index (κ2) is 13.4. The molecule has 2 aromatic carbocycles. The molecule has 0 fully saturated rings. The molecule has 1 amide bonds. The molecule has 0 aliphatic heterocycles. The molecule has 0 unspecified atom stereocenters. The Hall–Kier alpha value is -4.37. The minimum absolute atomic E-state index is 0.193. The number of carbonyl (C=O) groups excluding carboxylic acids is 2. The first-order valence-electron chi connectivity index (χ1n) is 12.4. The van der Waals surface area contributed by atoms with Gasteiger partial charge in [0, 0.05) is 61.7 Å². The number of ether oxygens (including phenoxy) is 3. The van der Waals surface area contributed by atoms with E-state index in [1.54, 1.807) is 50.7 Å². The van der Waals surface area contributed by atoms with E-state index < -0.39 is 0 Å². The number of hydrogen-bond donors (Lipinski definition) is 1. The van der Waals surface area contributed by atoms with Crippen molar-refractivity contribution in [3.63, 3.8) is 0 Å². The van der Waals surface area contributed by atoms with Crippen LogP contribution in [0.2, 0.25) is 0 Å². The van der Waals surface area contributed by atoms with E-state index >= 15 is 0 Å². The summed E-state index contributed by atoms with van der Waals surface area (Å²) in [5.74, 6) is 1.17. The van der Waals surface area contributed by atoms with Crippen LogP contribution in [0.15, 0.2) is 61.3 Å². The number of methoxy groups -OCH3 is 3. The van der Waals surface area contributed by atoms with Gasteiger partial charge in [0.15, 0.2) is 5.78 Å². The number of nitrogens with zero attached hydrogens (tertiary/aromatic N) is 3. The van der Waals surface area contributed by atoms with E-state index in [1.807, 2.05) is 33.3 Å². The van der Waals surface area contributed by atoms with E-state index in [9.17, 15) is 9.59 Å². The highest BCUT2D eigenvalue weighted by Gasteiger charge is 2.19. The zero-order valence-electron chi connectivity index (χ0n) is 23.4. The number of nitrogens with one attached hydrogen (secondary N) is 1. The third-order valence-corrected chi connectivity index (χ3v) is 6.24. The third kappa shape index (κ3) is 7.36. The SMILES string of the molecule is C=CC(=O)Nc1cc(Cc2cc(C(=O)c3ccc(OC)cc3OC)ccn2)c(OC)cc1N(C)CCN(C)C. The number of aromatic nitrogens is 1. The summed E-state index contributed by atoms with van der Waals surface area (Å²) in [4.78, 5) is 34.2. The van der Waals surface area contributed by atoms with Gasteiger partial charge in [-0.2, -0.15) is 0 Å². The minimum atomic E-state index is -0.312. The van der Waals surface area contributed by atoms with Gasteiger partial charge in [-0.3, -0.25) is 14.6 Å². The molecule has 39 heavy (non-hydrogen) atoms. The van der Waals surface area contributed by atoms with Crippen molar-refractivity contribution in [3.05, 3.63) is 83.7 Å². The average Bonchev–Trinajstić information content (AvgIpc) is 2.95. The number of benzene rings is 2. The highest BCUT2D eigenvalue weighted by atomic mass is 16.5. The maximum atomic E-state index is 13.4. The largest absolute Gasteiger partial charge is 0.497 e. The number of likely N-dealkylation sites (N-methyl/N-ethyl adjacent to an activating group) is 2. The number of pyridine rings is 1. The summed E-state index contributed by atoms with van der Waals surface area (Å²) in [5.41, 5.74) is 3.82. The van der Waals surface area contributed by atoms with Crippen LogP contribution in [0, 0.1) is 0 Å². The Kier molecular flexibility index (Phi) is 10.1. The van der Waals surface area contributed by atoms with Gasteiger partial charge in [0.2, 0.25) is 5.91 Å². The Bertz CT molecular complexity index is 1340. The van der Waals surface area contributed by atoms with Crippen LogP contribution in [-0.4, -0.2) is 77.1 Å². The Morgan fingerprint density at radius 2 is 1.69 bits per heavy atom. The van der Waals surface area contributed by atoms with Crippen LogP contribution in [0.1, 0.15) is 27.2 Å². The molecule has 1 heterocycles. The number of carbonyl (C=O) groups is 2. The summed E-state index contributed by atoms with van der Waals surface area (Å²) in [5, 5.41) is 2.91. The molecule has 1 aromatic heterocycles. The number of hydrogen-bond acceptors (Lipinski definition) is 8. The molecule has 1 N–H and O–H groups in total. The highest BCUT2D eigenvalue weighted by Crippen LogP contribution is 2.35. The van der Waals surface area contributed by atoms with Crippen molar-refractivity contribution in [1.29, 1.82) is 0 Å². The summed E-state index contributed by atoms with van der Waals surface area (Å²) in [6.07, 6.45) is 3.22. The summed E-state index contributed by atoms with van der Waals surface area (Å²) in [6.45, 7) is 5.15. The first-order chi connectivity index (χ1) is 18.7. The van der Waals surface area contributed by atoms with Crippen LogP contribution in [0.4, 0.5) is 11.4 Å². The number of amides is 1. The summed E-state index contributed by atoms with van der Waals surface area (Å²) >= 11 is 0.